The van der Waals surface area contributed by atoms with Crippen LogP contribution in [-0.2, 0) is 13.6 Å². The Balaban J connectivity index is 3.91. The Labute approximate surface area is 241 Å². The molecule has 0 aliphatic heterocycles. The number of unbranched alkanes of at least 4 members (excludes halogenated alkanes) is 22. The fourth-order valence-electron chi connectivity index (χ4n) is 4.98. The molecule has 0 spiro atoms. The number of hydrogen-bond donors (Lipinski definition) is 0. The molecule has 230 valence electrons. The molecular formula is C33H71O3P2+. The van der Waals surface area contributed by atoms with Crippen molar-refractivity contribution in [2.75, 3.05) is 38.6 Å². The second-order valence-corrected chi connectivity index (χ2v) is 19.8. The zero-order chi connectivity index (χ0) is 28.2. The van der Waals surface area contributed by atoms with Crippen LogP contribution in [0.5, 0.6) is 0 Å². The summed E-state index contributed by atoms with van der Waals surface area (Å²) in [4.78, 5) is 0. The van der Waals surface area contributed by atoms with Gasteiger partial charge >= 0.3 is 7.60 Å². The minimum Gasteiger partial charge on any atom is -0.306 e. The van der Waals surface area contributed by atoms with Gasteiger partial charge in [0.1, 0.15) is 0 Å². The predicted octanol–water partition coefficient (Wildman–Crippen LogP) is 12.9. The first-order valence-corrected chi connectivity index (χ1v) is 21.9. The first-order valence-electron chi connectivity index (χ1n) is 17.1. The monoisotopic (exact) mass is 577 g/mol. The fraction of sp³-hybridized carbons (Fsp3) is 1.00. The van der Waals surface area contributed by atoms with E-state index >= 15 is 0 Å². The van der Waals surface area contributed by atoms with Crippen molar-refractivity contribution in [1.29, 1.82) is 0 Å². The Hall–Kier alpha value is 0.580. The van der Waals surface area contributed by atoms with Crippen molar-refractivity contribution in [3.05, 3.63) is 0 Å². The average Bonchev–Trinajstić information content (AvgIpc) is 2.89. The maximum Gasteiger partial charge on any atom is 0.367 e. The quantitative estimate of drug-likeness (QED) is 0.0607. The van der Waals surface area contributed by atoms with E-state index in [2.05, 4.69) is 34.1 Å². The van der Waals surface area contributed by atoms with Gasteiger partial charge in [-0.15, -0.1) is 0 Å². The molecular weight excluding hydrogens is 506 g/mol. The Morgan fingerprint density at radius 2 is 0.711 bits per heavy atom. The zero-order valence-electron chi connectivity index (χ0n) is 26.9. The average molecular weight is 578 g/mol. The molecule has 0 aromatic carbocycles. The van der Waals surface area contributed by atoms with Crippen molar-refractivity contribution in [2.24, 2.45) is 0 Å². The topological polar surface area (TPSA) is 35.5 Å². The highest BCUT2D eigenvalue weighted by atomic mass is 31.2. The van der Waals surface area contributed by atoms with Gasteiger partial charge in [0, 0.05) is 20.6 Å². The number of rotatable bonds is 31. The van der Waals surface area contributed by atoms with Gasteiger partial charge in [0.15, 0.2) is 5.90 Å². The van der Waals surface area contributed by atoms with Gasteiger partial charge in [-0.25, -0.2) is 0 Å². The summed E-state index contributed by atoms with van der Waals surface area (Å²) in [7, 11) is -4.20. The van der Waals surface area contributed by atoms with E-state index in [9.17, 15) is 4.57 Å². The SMILES string of the molecule is CCCCCCCCCCCCCCOP(=O)(C[P+](C)(C)CC)OCCCCCCCCCCCCCC. The predicted molar refractivity (Wildman–Crippen MR) is 176 cm³/mol. The van der Waals surface area contributed by atoms with Gasteiger partial charge in [-0.2, -0.15) is 0 Å². The Morgan fingerprint density at radius 1 is 0.447 bits per heavy atom. The van der Waals surface area contributed by atoms with Crippen LogP contribution in [0.4, 0.5) is 0 Å². The Morgan fingerprint density at radius 3 is 0.974 bits per heavy atom. The molecule has 38 heavy (non-hydrogen) atoms. The molecule has 0 aromatic heterocycles. The zero-order valence-corrected chi connectivity index (χ0v) is 28.7. The summed E-state index contributed by atoms with van der Waals surface area (Å²) in [5.74, 6) is 0.646. The first kappa shape index (κ1) is 38.6. The van der Waals surface area contributed by atoms with Crippen LogP contribution in [0.25, 0.3) is 0 Å². The van der Waals surface area contributed by atoms with Crippen LogP contribution < -0.4 is 0 Å². The van der Waals surface area contributed by atoms with E-state index in [1.54, 1.807) is 0 Å². The first-order chi connectivity index (χ1) is 18.4. The lowest BCUT2D eigenvalue weighted by Gasteiger charge is -2.23. The second kappa shape index (κ2) is 27.7. The van der Waals surface area contributed by atoms with Crippen molar-refractivity contribution in [3.8, 4) is 0 Å². The molecule has 0 N–H and O–H groups in total. The van der Waals surface area contributed by atoms with Crippen molar-refractivity contribution < 1.29 is 13.6 Å². The summed E-state index contributed by atoms with van der Waals surface area (Å²) in [6, 6.07) is 0. The molecule has 0 unspecified atom stereocenters. The van der Waals surface area contributed by atoms with E-state index in [4.69, 9.17) is 9.05 Å². The van der Waals surface area contributed by atoms with Crippen molar-refractivity contribution in [1.82, 2.24) is 0 Å². The highest BCUT2D eigenvalue weighted by Gasteiger charge is 2.38. The second-order valence-electron chi connectivity index (χ2n) is 12.4. The standard InChI is InChI=1S/C33H71O3P2/c1-6-9-11-13-15-17-19-21-23-25-27-29-31-35-38(34,33-37(4,5)8-3)36-32-30-28-26-24-22-20-18-16-14-12-10-7-2/h6-33H2,1-5H3/q+1. The summed E-state index contributed by atoms with van der Waals surface area (Å²) in [5, 5.41) is 0. The molecule has 5 heteroatoms. The van der Waals surface area contributed by atoms with Crippen LogP contribution in [0.1, 0.15) is 175 Å². The van der Waals surface area contributed by atoms with E-state index in [1.807, 2.05) is 0 Å². The molecule has 0 aliphatic rings. The molecule has 0 amide bonds. The third-order valence-electron chi connectivity index (χ3n) is 7.98. The summed E-state index contributed by atoms with van der Waals surface area (Å²) < 4.78 is 25.6. The lowest BCUT2D eigenvalue weighted by Crippen LogP contribution is -2.07. The van der Waals surface area contributed by atoms with Crippen molar-refractivity contribution >= 4 is 14.9 Å². The third-order valence-corrected chi connectivity index (χ3v) is 15.3. The van der Waals surface area contributed by atoms with E-state index in [0.29, 0.717) is 19.1 Å². The van der Waals surface area contributed by atoms with Crippen LogP contribution in [0.3, 0.4) is 0 Å². The molecule has 0 fully saturated rings. The van der Waals surface area contributed by atoms with Crippen LogP contribution >= 0.6 is 14.9 Å². The minimum absolute atomic E-state index is 0.594. The van der Waals surface area contributed by atoms with Crippen molar-refractivity contribution in [3.63, 3.8) is 0 Å². The fourth-order valence-corrected chi connectivity index (χ4v) is 11.1. The molecule has 0 atom stereocenters. The smallest absolute Gasteiger partial charge is 0.306 e. The van der Waals surface area contributed by atoms with Crippen LogP contribution in [0.15, 0.2) is 0 Å². The maximum atomic E-state index is 13.6. The molecule has 0 aromatic rings. The molecule has 0 saturated carbocycles. The molecule has 0 heterocycles. The largest absolute Gasteiger partial charge is 0.367 e. The van der Waals surface area contributed by atoms with Gasteiger partial charge in [0.25, 0.3) is 0 Å². The third kappa shape index (κ3) is 26.8. The van der Waals surface area contributed by atoms with Gasteiger partial charge < -0.3 is 9.05 Å². The summed E-state index contributed by atoms with van der Waals surface area (Å²) in [5.41, 5.74) is 0. The minimum atomic E-state index is -2.97. The summed E-state index contributed by atoms with van der Waals surface area (Å²) in [6.45, 7) is 12.6. The molecule has 0 aliphatic carbocycles. The molecule has 0 bridgehead atoms. The lowest BCUT2D eigenvalue weighted by molar-refractivity contribution is 0.201. The van der Waals surface area contributed by atoms with E-state index in [0.717, 1.165) is 19.0 Å². The molecule has 0 radical (unpaired) electrons. The van der Waals surface area contributed by atoms with Gasteiger partial charge in [-0.1, -0.05) is 155 Å². The van der Waals surface area contributed by atoms with Crippen LogP contribution in [0, 0.1) is 0 Å². The van der Waals surface area contributed by atoms with Gasteiger partial charge in [-0.3, -0.25) is 4.57 Å². The van der Waals surface area contributed by atoms with Gasteiger partial charge in [0.05, 0.1) is 19.4 Å². The molecule has 3 nitrogen and oxygen atoms in total. The van der Waals surface area contributed by atoms with E-state index in [-0.39, 0.29) is 0 Å². The summed E-state index contributed by atoms with van der Waals surface area (Å²) in [6.07, 6.45) is 33.0. The number of hydrogen-bond acceptors (Lipinski definition) is 3. The Bertz CT molecular complexity index is 490. The lowest BCUT2D eigenvalue weighted by atomic mass is 10.1. The van der Waals surface area contributed by atoms with Gasteiger partial charge in [0.2, 0.25) is 0 Å². The van der Waals surface area contributed by atoms with Crippen LogP contribution in [0.2, 0.25) is 0 Å². The molecule has 0 rings (SSSR count). The van der Waals surface area contributed by atoms with Crippen molar-refractivity contribution in [2.45, 2.75) is 175 Å². The normalized spacial score (nSPS) is 12.4. The highest BCUT2D eigenvalue weighted by Crippen LogP contribution is 2.65. The van der Waals surface area contributed by atoms with Crippen LogP contribution in [-0.4, -0.2) is 38.6 Å². The Kier molecular flexibility index (Phi) is 28.2. The summed E-state index contributed by atoms with van der Waals surface area (Å²) >= 11 is 0. The maximum absolute atomic E-state index is 13.6. The molecule has 0 saturated heterocycles. The van der Waals surface area contributed by atoms with E-state index < -0.39 is 14.9 Å². The van der Waals surface area contributed by atoms with Gasteiger partial charge in [-0.05, 0) is 19.8 Å². The van der Waals surface area contributed by atoms with E-state index in [1.165, 1.54) is 141 Å². The highest BCUT2D eigenvalue weighted by molar-refractivity contribution is 7.83.